The minimum Gasteiger partial charge on any atom is -0.475 e. The van der Waals surface area contributed by atoms with Gasteiger partial charge in [-0.3, -0.25) is 14.6 Å². The molecule has 0 aromatic carbocycles. The van der Waals surface area contributed by atoms with Crippen molar-refractivity contribution >= 4 is 27.7 Å². The lowest BCUT2D eigenvalue weighted by atomic mass is 10.1. The van der Waals surface area contributed by atoms with Crippen LogP contribution in [-0.4, -0.2) is 101 Å². The highest BCUT2D eigenvalue weighted by Gasteiger charge is 2.44. The molecule has 3 heterocycles. The predicted molar refractivity (Wildman–Crippen MR) is 128 cm³/mol. The minimum absolute atomic E-state index is 0.00296. The molecule has 1 unspecified atom stereocenters. The molecule has 0 saturated carbocycles. The van der Waals surface area contributed by atoms with Gasteiger partial charge in [0.05, 0.1) is 6.54 Å². The van der Waals surface area contributed by atoms with E-state index >= 15 is 0 Å². The van der Waals surface area contributed by atoms with Crippen molar-refractivity contribution in [2.45, 2.75) is 42.9 Å². The van der Waals surface area contributed by atoms with E-state index in [9.17, 15) is 35.6 Å². The van der Waals surface area contributed by atoms with E-state index in [1.807, 2.05) is 11.9 Å². The molecule has 2 aliphatic heterocycles. The van der Waals surface area contributed by atoms with E-state index in [4.69, 9.17) is 15.1 Å². The van der Waals surface area contributed by atoms with Crippen molar-refractivity contribution in [1.29, 1.82) is 0 Å². The predicted octanol–water partition coefficient (Wildman–Crippen LogP) is 1.00. The van der Waals surface area contributed by atoms with Crippen molar-refractivity contribution in [2.24, 2.45) is 0 Å². The number of alkyl halides is 4. The molecule has 2 amide bonds. The largest absolute Gasteiger partial charge is 0.490 e. The molecule has 3 N–H and O–H groups in total. The lowest BCUT2D eigenvalue weighted by Gasteiger charge is -2.27. The van der Waals surface area contributed by atoms with E-state index < -0.39 is 38.3 Å². The molecule has 1 saturated heterocycles. The zero-order valence-corrected chi connectivity index (χ0v) is 21.9. The number of hydrogen-bond donors (Lipinski definition) is 3. The number of carbonyl (C=O) groups excluding carboxylic acids is 2. The van der Waals surface area contributed by atoms with E-state index in [0.717, 1.165) is 6.26 Å². The van der Waals surface area contributed by atoms with Crippen molar-refractivity contribution in [3.63, 3.8) is 0 Å². The van der Waals surface area contributed by atoms with Gasteiger partial charge in [-0.15, -0.1) is 0 Å². The van der Waals surface area contributed by atoms with Crippen LogP contribution < -0.4 is 5.48 Å². The zero-order chi connectivity index (χ0) is 29.8. The highest BCUT2D eigenvalue weighted by atomic mass is 32.2. The summed E-state index contributed by atoms with van der Waals surface area (Å²) in [6, 6.07) is 1.33. The number of sulfone groups is 1. The zero-order valence-electron chi connectivity index (χ0n) is 21.1. The first-order valence-electron chi connectivity index (χ1n) is 11.2. The topological polar surface area (TPSA) is 149 Å². The summed E-state index contributed by atoms with van der Waals surface area (Å²) in [7, 11) is -2.02. The van der Waals surface area contributed by atoms with Gasteiger partial charge in [0, 0.05) is 49.8 Å². The number of carbonyl (C=O) groups is 3. The lowest BCUT2D eigenvalue weighted by Crippen LogP contribution is -2.50. The Balaban J connectivity index is 0.000000673. The smallest absolute Gasteiger partial charge is 0.475 e. The van der Waals surface area contributed by atoms with Gasteiger partial charge >= 0.3 is 18.2 Å². The number of amides is 2. The summed E-state index contributed by atoms with van der Waals surface area (Å²) >= 11 is 0. The molecule has 0 spiro atoms. The summed E-state index contributed by atoms with van der Waals surface area (Å²) in [5.74, 6) is 6.74. The van der Waals surface area contributed by atoms with Gasteiger partial charge in [-0.05, 0) is 44.2 Å². The Labute approximate surface area is 221 Å². The molecular formula is C23H26F4N4O7S. The highest BCUT2D eigenvalue weighted by molar-refractivity contribution is 7.92. The number of halogens is 4. The van der Waals surface area contributed by atoms with Crippen molar-refractivity contribution in [2.75, 3.05) is 32.9 Å². The number of nitrogens with one attached hydrogen (secondary N) is 1. The first-order valence-corrected chi connectivity index (χ1v) is 13.1. The van der Waals surface area contributed by atoms with Gasteiger partial charge in [0.25, 0.3) is 5.91 Å². The third kappa shape index (κ3) is 7.72. The summed E-state index contributed by atoms with van der Waals surface area (Å²) in [4.78, 5) is 36.7. The molecule has 16 heteroatoms. The molecular weight excluding hydrogens is 552 g/mol. The number of rotatable bonds is 5. The maximum Gasteiger partial charge on any atom is 0.490 e. The summed E-state index contributed by atoms with van der Waals surface area (Å²) in [5, 5.41) is 16.0. The Kier molecular flexibility index (Phi) is 9.44. The highest BCUT2D eigenvalue weighted by Crippen LogP contribution is 2.26. The van der Waals surface area contributed by atoms with E-state index in [0.29, 0.717) is 24.2 Å². The molecule has 214 valence electrons. The fourth-order valence-electron chi connectivity index (χ4n) is 3.70. The van der Waals surface area contributed by atoms with E-state index in [1.54, 1.807) is 6.07 Å². The Bertz CT molecular complexity index is 1370. The van der Waals surface area contributed by atoms with Crippen LogP contribution in [-0.2, 0) is 26.0 Å². The Morgan fingerprint density at radius 1 is 1.26 bits per heavy atom. The van der Waals surface area contributed by atoms with Crippen molar-refractivity contribution in [3.8, 4) is 23.7 Å². The Morgan fingerprint density at radius 2 is 1.87 bits per heavy atom. The van der Waals surface area contributed by atoms with Crippen LogP contribution in [0.15, 0.2) is 12.3 Å². The molecule has 1 aromatic rings. The third-order valence-electron chi connectivity index (χ3n) is 6.20. The van der Waals surface area contributed by atoms with Gasteiger partial charge in [0.15, 0.2) is 20.3 Å². The maximum atomic E-state index is 14.4. The fraction of sp³-hybridized carbons (Fsp3) is 0.522. The van der Waals surface area contributed by atoms with Gasteiger partial charge in [0.2, 0.25) is 0 Å². The third-order valence-corrected chi connectivity index (χ3v) is 8.22. The van der Waals surface area contributed by atoms with E-state index in [1.165, 1.54) is 28.1 Å². The number of carboxylic acid groups (broad SMARTS) is 1. The number of hydroxylamine groups is 1. The number of carboxylic acids is 1. The molecule has 0 radical (unpaired) electrons. The first-order chi connectivity index (χ1) is 17.8. The second-order valence-corrected chi connectivity index (χ2v) is 11.7. The SMILES string of the molecule is CN1CC[C@@](F)(C#CC#Cc2cc3n(c2)C(=O)N(CCC(C)(C(=O)NO)S(C)(=O)=O)C3)C1.O=C(O)C(F)(F)F. The molecule has 1 fully saturated rings. The Morgan fingerprint density at radius 3 is 2.33 bits per heavy atom. The fourth-order valence-corrected chi connectivity index (χ4v) is 4.55. The number of likely N-dealkylation sites (tertiary alicyclic amines) is 1. The first kappa shape index (κ1) is 31.6. The molecule has 1 aromatic heterocycles. The monoisotopic (exact) mass is 578 g/mol. The van der Waals surface area contributed by atoms with Crippen LogP contribution in [0.1, 0.15) is 31.0 Å². The van der Waals surface area contributed by atoms with Crippen LogP contribution in [0.3, 0.4) is 0 Å². The molecule has 0 bridgehead atoms. The molecule has 0 aliphatic carbocycles. The van der Waals surface area contributed by atoms with Crippen molar-refractivity contribution in [3.05, 3.63) is 23.5 Å². The number of aliphatic carboxylic acids is 1. The molecule has 39 heavy (non-hydrogen) atoms. The number of nitrogens with zero attached hydrogens (tertiary/aromatic N) is 3. The molecule has 2 aliphatic rings. The van der Waals surface area contributed by atoms with Crippen molar-refractivity contribution < 1.29 is 50.7 Å². The molecule has 2 atom stereocenters. The minimum atomic E-state index is -5.08. The standard InChI is InChI=1S/C21H25FN4O5S.C2HF3O2/c1-20(18(27)23-29,32(3,30)31)8-11-25-14-17-12-16(13-26(17)19(25)28)6-4-5-7-21(22)9-10-24(2)15-21;3-2(4,5)1(6)7/h12-13,29H,8-11,14-15H2,1-3H3,(H,23,27);(H,6,7)/t20?,21-;/m0./s1. The van der Waals surface area contributed by atoms with E-state index in [2.05, 4.69) is 23.7 Å². The van der Waals surface area contributed by atoms with Crippen LogP contribution in [0.5, 0.6) is 0 Å². The van der Waals surface area contributed by atoms with Gasteiger partial charge in [0.1, 0.15) is 0 Å². The van der Waals surface area contributed by atoms with Gasteiger partial charge in [-0.25, -0.2) is 27.9 Å². The summed E-state index contributed by atoms with van der Waals surface area (Å²) < 4.78 is 69.8. The van der Waals surface area contributed by atoms with Crippen LogP contribution in [0.2, 0.25) is 0 Å². The average Bonchev–Trinajstić information content (AvgIpc) is 3.47. The summed E-state index contributed by atoms with van der Waals surface area (Å²) in [6.45, 7) is 2.32. The lowest BCUT2D eigenvalue weighted by molar-refractivity contribution is -0.192. The Hall–Kier alpha value is -3.60. The summed E-state index contributed by atoms with van der Waals surface area (Å²) in [5.41, 5.74) is 1.05. The number of hydrogen-bond acceptors (Lipinski definition) is 7. The van der Waals surface area contributed by atoms with E-state index in [-0.39, 0.29) is 32.1 Å². The maximum absolute atomic E-state index is 14.4. The molecule has 11 nitrogen and oxygen atoms in total. The van der Waals surface area contributed by atoms with Gasteiger partial charge in [-0.2, -0.15) is 13.2 Å². The van der Waals surface area contributed by atoms with Gasteiger partial charge < -0.3 is 14.9 Å². The quantitative estimate of drug-likeness (QED) is 0.203. The van der Waals surface area contributed by atoms with Gasteiger partial charge in [-0.1, -0.05) is 5.92 Å². The number of aromatic nitrogens is 1. The van der Waals surface area contributed by atoms with Crippen LogP contribution in [0, 0.1) is 23.7 Å². The second kappa shape index (κ2) is 11.6. The second-order valence-electron chi connectivity index (χ2n) is 9.24. The molecule has 3 rings (SSSR count). The number of fused-ring (bicyclic) bond motifs is 1. The van der Waals surface area contributed by atoms with Crippen molar-refractivity contribution in [1.82, 2.24) is 19.8 Å². The van der Waals surface area contributed by atoms with Crippen LogP contribution in [0.25, 0.3) is 0 Å². The summed E-state index contributed by atoms with van der Waals surface area (Å²) in [6.07, 6.45) is -2.48. The average molecular weight is 579 g/mol. The van der Waals surface area contributed by atoms with Crippen LogP contribution in [0.4, 0.5) is 22.4 Å². The normalized spacial score (nSPS) is 20.4. The van der Waals surface area contributed by atoms with Crippen LogP contribution >= 0.6 is 0 Å².